The molecule has 2 rings (SSSR count). The zero-order valence-electron chi connectivity index (χ0n) is 9.64. The van der Waals surface area contributed by atoms with Crippen LogP contribution in [-0.4, -0.2) is 34.4 Å². The predicted molar refractivity (Wildman–Crippen MR) is 62.2 cm³/mol. The van der Waals surface area contributed by atoms with Gasteiger partial charge in [0, 0.05) is 24.3 Å². The van der Waals surface area contributed by atoms with Crippen LogP contribution in [0.15, 0.2) is 12.3 Å². The van der Waals surface area contributed by atoms with Crippen LogP contribution in [0.1, 0.15) is 24.8 Å². The molecular weight excluding hydrogens is 223 g/mol. The van der Waals surface area contributed by atoms with E-state index in [0.717, 1.165) is 19.3 Å². The fraction of sp³-hybridized carbons (Fsp3) is 0.583. The molecule has 1 aliphatic carbocycles. The molecule has 1 heterocycles. The molecule has 1 aliphatic rings. The van der Waals surface area contributed by atoms with Gasteiger partial charge in [-0.2, -0.15) is 0 Å². The van der Waals surface area contributed by atoms with Gasteiger partial charge < -0.3 is 15.1 Å². The number of rotatable bonds is 5. The van der Waals surface area contributed by atoms with Crippen LogP contribution in [0.3, 0.4) is 0 Å². The summed E-state index contributed by atoms with van der Waals surface area (Å²) in [4.78, 5) is 5.84. The van der Waals surface area contributed by atoms with Gasteiger partial charge in [-0.05, 0) is 25.3 Å². The first-order chi connectivity index (χ1) is 8.27. The molecule has 0 aromatic carbocycles. The van der Waals surface area contributed by atoms with Crippen molar-refractivity contribution in [2.75, 3.05) is 18.1 Å². The monoisotopic (exact) mass is 240 g/mol. The molecule has 1 saturated carbocycles. The standard InChI is InChI=1S/C12H17FN2O2/c13-11-9(8-17)4-5-14-12(11)15(6-7-16)10-2-1-3-10/h4-5,10,16-17H,1-3,6-8H2. The molecule has 0 spiro atoms. The van der Waals surface area contributed by atoms with Gasteiger partial charge in [-0.25, -0.2) is 9.37 Å². The molecule has 0 bridgehead atoms. The lowest BCUT2D eigenvalue weighted by Gasteiger charge is -2.38. The van der Waals surface area contributed by atoms with Crippen molar-refractivity contribution in [3.05, 3.63) is 23.6 Å². The van der Waals surface area contributed by atoms with Crippen LogP contribution in [0.5, 0.6) is 0 Å². The summed E-state index contributed by atoms with van der Waals surface area (Å²) >= 11 is 0. The molecule has 0 aliphatic heterocycles. The van der Waals surface area contributed by atoms with E-state index in [4.69, 9.17) is 10.2 Å². The van der Waals surface area contributed by atoms with Gasteiger partial charge in [0.1, 0.15) is 0 Å². The molecule has 94 valence electrons. The van der Waals surface area contributed by atoms with Crippen molar-refractivity contribution < 1.29 is 14.6 Å². The summed E-state index contributed by atoms with van der Waals surface area (Å²) in [5.74, 6) is -0.231. The molecule has 1 aromatic rings. The van der Waals surface area contributed by atoms with E-state index < -0.39 is 5.82 Å². The van der Waals surface area contributed by atoms with E-state index in [9.17, 15) is 4.39 Å². The van der Waals surface area contributed by atoms with E-state index >= 15 is 0 Å². The minimum atomic E-state index is -0.477. The highest BCUT2D eigenvalue weighted by Gasteiger charge is 2.28. The summed E-state index contributed by atoms with van der Waals surface area (Å²) in [6.45, 7) is 0.0173. The van der Waals surface area contributed by atoms with Crippen molar-refractivity contribution in [2.24, 2.45) is 0 Å². The second kappa shape index (κ2) is 5.42. The van der Waals surface area contributed by atoms with E-state index in [-0.39, 0.29) is 30.6 Å². The molecule has 1 aromatic heterocycles. The van der Waals surface area contributed by atoms with Crippen LogP contribution in [0.25, 0.3) is 0 Å². The largest absolute Gasteiger partial charge is 0.395 e. The van der Waals surface area contributed by atoms with Crippen molar-refractivity contribution in [3.63, 3.8) is 0 Å². The Kier molecular flexibility index (Phi) is 3.91. The van der Waals surface area contributed by atoms with Gasteiger partial charge in [0.05, 0.1) is 13.2 Å². The number of hydrogen-bond acceptors (Lipinski definition) is 4. The number of aliphatic hydroxyl groups is 2. The number of aliphatic hydroxyl groups excluding tert-OH is 2. The van der Waals surface area contributed by atoms with E-state index in [2.05, 4.69) is 4.98 Å². The molecule has 0 radical (unpaired) electrons. The maximum absolute atomic E-state index is 14.0. The Morgan fingerprint density at radius 2 is 2.18 bits per heavy atom. The first-order valence-corrected chi connectivity index (χ1v) is 5.89. The Labute approximate surface area is 99.7 Å². The van der Waals surface area contributed by atoms with Crippen LogP contribution in [0.2, 0.25) is 0 Å². The van der Waals surface area contributed by atoms with Crippen LogP contribution in [-0.2, 0) is 6.61 Å². The first-order valence-electron chi connectivity index (χ1n) is 5.89. The van der Waals surface area contributed by atoms with Crippen LogP contribution in [0, 0.1) is 5.82 Å². The summed E-state index contributed by atoms with van der Waals surface area (Å²) < 4.78 is 14.0. The Hall–Kier alpha value is -1.20. The van der Waals surface area contributed by atoms with Crippen LogP contribution < -0.4 is 4.90 Å². The fourth-order valence-electron chi connectivity index (χ4n) is 2.06. The maximum Gasteiger partial charge on any atom is 0.171 e. The number of hydrogen-bond donors (Lipinski definition) is 2. The maximum atomic E-state index is 14.0. The van der Waals surface area contributed by atoms with E-state index in [1.54, 1.807) is 4.90 Å². The van der Waals surface area contributed by atoms with Crippen molar-refractivity contribution in [1.82, 2.24) is 4.98 Å². The average Bonchev–Trinajstić information content (AvgIpc) is 2.26. The van der Waals surface area contributed by atoms with E-state index in [1.165, 1.54) is 12.3 Å². The minimum Gasteiger partial charge on any atom is -0.395 e. The van der Waals surface area contributed by atoms with Gasteiger partial charge in [-0.15, -0.1) is 0 Å². The first kappa shape index (κ1) is 12.3. The Bertz CT molecular complexity index is 383. The van der Waals surface area contributed by atoms with Crippen molar-refractivity contribution >= 4 is 5.82 Å². The molecule has 17 heavy (non-hydrogen) atoms. The number of nitrogens with zero attached hydrogens (tertiary/aromatic N) is 2. The number of halogens is 1. The van der Waals surface area contributed by atoms with Gasteiger partial charge >= 0.3 is 0 Å². The van der Waals surface area contributed by atoms with Crippen LogP contribution >= 0.6 is 0 Å². The topological polar surface area (TPSA) is 56.6 Å². The lowest BCUT2D eigenvalue weighted by Crippen LogP contribution is -2.43. The van der Waals surface area contributed by atoms with Gasteiger partial charge in [-0.1, -0.05) is 0 Å². The SMILES string of the molecule is OCCN(c1nccc(CO)c1F)C1CCC1. The molecule has 4 nitrogen and oxygen atoms in total. The molecule has 0 atom stereocenters. The van der Waals surface area contributed by atoms with Gasteiger partial charge in [0.15, 0.2) is 11.6 Å². The van der Waals surface area contributed by atoms with Gasteiger partial charge in [0.2, 0.25) is 0 Å². The predicted octanol–water partition coefficient (Wildman–Crippen LogP) is 1.06. The average molecular weight is 240 g/mol. The molecule has 0 amide bonds. The summed E-state index contributed by atoms with van der Waals surface area (Å²) in [6, 6.07) is 1.73. The highest BCUT2D eigenvalue weighted by atomic mass is 19.1. The Balaban J connectivity index is 2.28. The summed E-state index contributed by atoms with van der Waals surface area (Å²) in [5, 5.41) is 18.1. The third-order valence-corrected chi connectivity index (χ3v) is 3.25. The summed E-state index contributed by atoms with van der Waals surface area (Å²) in [5.41, 5.74) is 0.247. The summed E-state index contributed by atoms with van der Waals surface area (Å²) in [6.07, 6.45) is 4.63. The van der Waals surface area contributed by atoms with E-state index in [0.29, 0.717) is 6.54 Å². The minimum absolute atomic E-state index is 0.0268. The molecular formula is C12H17FN2O2. The van der Waals surface area contributed by atoms with Crippen molar-refractivity contribution in [3.8, 4) is 0 Å². The molecule has 5 heteroatoms. The second-order valence-electron chi connectivity index (χ2n) is 4.27. The number of anilines is 1. The van der Waals surface area contributed by atoms with Crippen LogP contribution in [0.4, 0.5) is 10.2 Å². The normalized spacial score (nSPS) is 15.7. The van der Waals surface area contributed by atoms with Crippen molar-refractivity contribution in [2.45, 2.75) is 31.9 Å². The van der Waals surface area contributed by atoms with Crippen molar-refractivity contribution in [1.29, 1.82) is 0 Å². The Morgan fingerprint density at radius 1 is 1.41 bits per heavy atom. The zero-order valence-corrected chi connectivity index (χ0v) is 9.64. The highest BCUT2D eigenvalue weighted by molar-refractivity contribution is 5.44. The lowest BCUT2D eigenvalue weighted by atomic mass is 9.91. The smallest absolute Gasteiger partial charge is 0.171 e. The van der Waals surface area contributed by atoms with Gasteiger partial charge in [-0.3, -0.25) is 0 Å². The third-order valence-electron chi connectivity index (χ3n) is 3.25. The summed E-state index contributed by atoms with van der Waals surface area (Å²) in [7, 11) is 0. The molecule has 2 N–H and O–H groups in total. The van der Waals surface area contributed by atoms with E-state index in [1.807, 2.05) is 0 Å². The second-order valence-corrected chi connectivity index (χ2v) is 4.27. The number of aromatic nitrogens is 1. The molecule has 1 fully saturated rings. The highest BCUT2D eigenvalue weighted by Crippen LogP contribution is 2.30. The number of pyridine rings is 1. The molecule has 0 unspecified atom stereocenters. The quantitative estimate of drug-likeness (QED) is 0.808. The third kappa shape index (κ3) is 2.40. The molecule has 0 saturated heterocycles. The Morgan fingerprint density at radius 3 is 2.71 bits per heavy atom. The van der Waals surface area contributed by atoms with Gasteiger partial charge in [0.25, 0.3) is 0 Å². The fourth-order valence-corrected chi connectivity index (χ4v) is 2.06. The lowest BCUT2D eigenvalue weighted by molar-refractivity contribution is 0.272. The zero-order chi connectivity index (χ0) is 12.3.